The third-order valence-corrected chi connectivity index (χ3v) is 6.26. The topological polar surface area (TPSA) is 64.6 Å². The molecule has 3 heterocycles. The van der Waals surface area contributed by atoms with Crippen LogP contribution >= 0.6 is 0 Å². The van der Waals surface area contributed by atoms with Crippen LogP contribution in [0.4, 0.5) is 5.82 Å². The van der Waals surface area contributed by atoms with Gasteiger partial charge in [-0.05, 0) is 52.7 Å². The molecule has 7 heteroatoms. The van der Waals surface area contributed by atoms with E-state index in [9.17, 15) is 4.79 Å². The van der Waals surface area contributed by atoms with Gasteiger partial charge in [0, 0.05) is 38.3 Å². The Morgan fingerprint density at radius 1 is 1.18 bits per heavy atom. The number of anilines is 1. The number of aryl methyl sites for hydroxylation is 1. The second-order valence-corrected chi connectivity index (χ2v) is 7.94. The summed E-state index contributed by atoms with van der Waals surface area (Å²) in [5.41, 5.74) is 1.24. The molecule has 156 valence electrons. The van der Waals surface area contributed by atoms with Crippen molar-refractivity contribution in [3.8, 4) is 0 Å². The lowest BCUT2D eigenvalue weighted by molar-refractivity contribution is 0.0647. The van der Waals surface area contributed by atoms with Crippen LogP contribution in [0.1, 0.15) is 56.2 Å². The van der Waals surface area contributed by atoms with Gasteiger partial charge in [-0.25, -0.2) is 9.97 Å². The smallest absolute Gasteiger partial charge is 0.271 e. The summed E-state index contributed by atoms with van der Waals surface area (Å²) in [7, 11) is 0. The number of carbonyl (C=O) groups excluding carboxylic acids is 1. The fourth-order valence-electron chi connectivity index (χ4n) is 4.62. The highest BCUT2D eigenvalue weighted by Crippen LogP contribution is 2.26. The molecule has 3 rings (SSSR count). The largest absolute Gasteiger partial charge is 0.352 e. The highest BCUT2D eigenvalue weighted by atomic mass is 16.1. The van der Waals surface area contributed by atoms with Crippen LogP contribution in [-0.4, -0.2) is 83.6 Å². The van der Waals surface area contributed by atoms with Gasteiger partial charge in [-0.2, -0.15) is 0 Å². The highest BCUT2D eigenvalue weighted by Gasteiger charge is 2.33. The molecule has 0 radical (unpaired) electrons. The van der Waals surface area contributed by atoms with E-state index in [-0.39, 0.29) is 5.91 Å². The molecule has 7 nitrogen and oxygen atoms in total. The third-order valence-electron chi connectivity index (χ3n) is 6.26. The van der Waals surface area contributed by atoms with Gasteiger partial charge in [-0.3, -0.25) is 9.69 Å². The molecule has 1 N–H and O–H groups in total. The van der Waals surface area contributed by atoms with E-state index in [4.69, 9.17) is 0 Å². The van der Waals surface area contributed by atoms with Crippen LogP contribution < -0.4 is 10.2 Å². The molecule has 28 heavy (non-hydrogen) atoms. The SMILES string of the molecule is CCNC(=O)c1cnc(N2CCN(C3CCN(CC)CC3)C(CC)C2)c(C)n1. The Balaban J connectivity index is 1.66. The van der Waals surface area contributed by atoms with Crippen LogP contribution in [0.2, 0.25) is 0 Å². The minimum absolute atomic E-state index is 0.153. The van der Waals surface area contributed by atoms with Crippen molar-refractivity contribution in [3.63, 3.8) is 0 Å². The quantitative estimate of drug-likeness (QED) is 0.803. The van der Waals surface area contributed by atoms with Gasteiger partial charge in [0.2, 0.25) is 0 Å². The monoisotopic (exact) mass is 388 g/mol. The Morgan fingerprint density at radius 3 is 2.54 bits per heavy atom. The van der Waals surface area contributed by atoms with E-state index < -0.39 is 0 Å². The number of nitrogens with zero attached hydrogens (tertiary/aromatic N) is 5. The first-order valence-corrected chi connectivity index (χ1v) is 10.9. The Bertz CT molecular complexity index is 658. The number of piperidine rings is 1. The molecule has 0 spiro atoms. The Kier molecular flexibility index (Phi) is 7.24. The second-order valence-electron chi connectivity index (χ2n) is 7.94. The van der Waals surface area contributed by atoms with Crippen molar-refractivity contribution in [2.24, 2.45) is 0 Å². The summed E-state index contributed by atoms with van der Waals surface area (Å²) in [4.78, 5) is 28.8. The van der Waals surface area contributed by atoms with Gasteiger partial charge in [0.15, 0.2) is 0 Å². The molecule has 1 aromatic heterocycles. The summed E-state index contributed by atoms with van der Waals surface area (Å²) in [5.74, 6) is 0.770. The number of amides is 1. The molecular formula is C21H36N6O. The van der Waals surface area contributed by atoms with E-state index in [0.29, 0.717) is 24.3 Å². The zero-order chi connectivity index (χ0) is 20.1. The lowest BCUT2D eigenvalue weighted by Crippen LogP contribution is -2.58. The number of nitrogens with one attached hydrogen (secondary N) is 1. The highest BCUT2D eigenvalue weighted by molar-refractivity contribution is 5.92. The summed E-state index contributed by atoms with van der Waals surface area (Å²) in [6.07, 6.45) is 5.32. The first kappa shape index (κ1) is 21.0. The zero-order valence-electron chi connectivity index (χ0n) is 17.9. The zero-order valence-corrected chi connectivity index (χ0v) is 17.9. The Morgan fingerprint density at radius 2 is 1.93 bits per heavy atom. The van der Waals surface area contributed by atoms with E-state index in [1.54, 1.807) is 6.20 Å². The predicted molar refractivity (Wildman–Crippen MR) is 113 cm³/mol. The fraction of sp³-hybridized carbons (Fsp3) is 0.762. The second kappa shape index (κ2) is 9.65. The van der Waals surface area contributed by atoms with Crippen molar-refractivity contribution < 1.29 is 4.79 Å². The number of aromatic nitrogens is 2. The van der Waals surface area contributed by atoms with Crippen molar-refractivity contribution in [3.05, 3.63) is 17.6 Å². The molecular weight excluding hydrogens is 352 g/mol. The van der Waals surface area contributed by atoms with Gasteiger partial charge >= 0.3 is 0 Å². The fourth-order valence-corrected chi connectivity index (χ4v) is 4.62. The minimum Gasteiger partial charge on any atom is -0.352 e. The summed E-state index contributed by atoms with van der Waals surface area (Å²) in [6, 6.07) is 1.26. The summed E-state index contributed by atoms with van der Waals surface area (Å²) in [5, 5.41) is 2.79. The van der Waals surface area contributed by atoms with Crippen molar-refractivity contribution in [2.45, 2.75) is 59.0 Å². The first-order chi connectivity index (χ1) is 13.6. The van der Waals surface area contributed by atoms with E-state index >= 15 is 0 Å². The average molecular weight is 389 g/mol. The molecule has 2 aliphatic heterocycles. The maximum Gasteiger partial charge on any atom is 0.271 e. The Labute approximate surface area is 169 Å². The van der Waals surface area contributed by atoms with Gasteiger partial charge in [-0.1, -0.05) is 13.8 Å². The van der Waals surface area contributed by atoms with Crippen LogP contribution in [-0.2, 0) is 0 Å². The number of hydrogen-bond donors (Lipinski definition) is 1. The predicted octanol–water partition coefficient (Wildman–Crippen LogP) is 1.92. The van der Waals surface area contributed by atoms with Crippen molar-refractivity contribution >= 4 is 11.7 Å². The third kappa shape index (κ3) is 4.63. The van der Waals surface area contributed by atoms with E-state index in [2.05, 4.69) is 43.8 Å². The maximum absolute atomic E-state index is 12.0. The van der Waals surface area contributed by atoms with Crippen molar-refractivity contribution in [1.29, 1.82) is 0 Å². The van der Waals surface area contributed by atoms with Crippen molar-refractivity contribution in [2.75, 3.05) is 50.7 Å². The number of hydrogen-bond acceptors (Lipinski definition) is 6. The molecule has 1 amide bonds. The lowest BCUT2D eigenvalue weighted by Gasteiger charge is -2.47. The molecule has 0 bridgehead atoms. The molecule has 0 saturated carbocycles. The average Bonchev–Trinajstić information content (AvgIpc) is 2.73. The molecule has 2 saturated heterocycles. The maximum atomic E-state index is 12.0. The van der Waals surface area contributed by atoms with E-state index in [1.165, 1.54) is 32.5 Å². The van der Waals surface area contributed by atoms with Crippen LogP contribution in [0.5, 0.6) is 0 Å². The van der Waals surface area contributed by atoms with Gasteiger partial charge < -0.3 is 15.1 Å². The van der Waals surface area contributed by atoms with Crippen molar-refractivity contribution in [1.82, 2.24) is 25.1 Å². The summed E-state index contributed by atoms with van der Waals surface area (Å²) in [6.45, 7) is 15.7. The number of rotatable bonds is 6. The van der Waals surface area contributed by atoms with Crippen LogP contribution in [0.3, 0.4) is 0 Å². The van der Waals surface area contributed by atoms with Gasteiger partial charge in [0.05, 0.1) is 11.9 Å². The van der Waals surface area contributed by atoms with Gasteiger partial charge in [0.1, 0.15) is 11.5 Å². The van der Waals surface area contributed by atoms with E-state index in [0.717, 1.165) is 37.6 Å². The normalized spacial score (nSPS) is 22.4. The molecule has 0 aromatic carbocycles. The van der Waals surface area contributed by atoms with Crippen LogP contribution in [0.15, 0.2) is 6.20 Å². The molecule has 1 atom stereocenters. The van der Waals surface area contributed by atoms with Gasteiger partial charge in [0.25, 0.3) is 5.91 Å². The molecule has 0 aliphatic carbocycles. The standard InChI is InChI=1S/C21H36N6O/c1-5-17-15-26(12-13-27(17)18-8-10-25(7-3)11-9-18)20-16(4)24-19(14-23-20)21(28)22-6-2/h14,17-18H,5-13,15H2,1-4H3,(H,22,28). The number of carbonyl (C=O) groups is 1. The molecule has 1 unspecified atom stereocenters. The molecule has 2 aliphatic rings. The van der Waals surface area contributed by atoms with Crippen LogP contribution in [0, 0.1) is 6.92 Å². The minimum atomic E-state index is -0.153. The van der Waals surface area contributed by atoms with E-state index in [1.807, 2.05) is 13.8 Å². The molecule has 2 fully saturated rings. The molecule has 1 aromatic rings. The number of likely N-dealkylation sites (tertiary alicyclic amines) is 1. The Hall–Kier alpha value is -1.73. The summed E-state index contributed by atoms with van der Waals surface area (Å²) < 4.78 is 0. The number of piperazine rings is 1. The first-order valence-electron chi connectivity index (χ1n) is 10.9. The summed E-state index contributed by atoms with van der Waals surface area (Å²) >= 11 is 0. The van der Waals surface area contributed by atoms with Crippen LogP contribution in [0.25, 0.3) is 0 Å². The lowest BCUT2D eigenvalue weighted by atomic mass is 9.98. The van der Waals surface area contributed by atoms with Gasteiger partial charge in [-0.15, -0.1) is 0 Å².